The highest BCUT2D eigenvalue weighted by atomic mass is 35.5. The highest BCUT2D eigenvalue weighted by Gasteiger charge is 2.34. The molecule has 0 aliphatic carbocycles. The second-order valence-electron chi connectivity index (χ2n) is 6.29. The molecule has 25 heavy (non-hydrogen) atoms. The van der Waals surface area contributed by atoms with Crippen LogP contribution in [-0.2, 0) is 14.8 Å². The summed E-state index contributed by atoms with van der Waals surface area (Å²) in [5.41, 5.74) is 0. The van der Waals surface area contributed by atoms with E-state index in [1.54, 1.807) is 12.1 Å². The van der Waals surface area contributed by atoms with Crippen molar-refractivity contribution >= 4 is 27.5 Å². The van der Waals surface area contributed by atoms with E-state index in [0.717, 1.165) is 6.42 Å². The molecule has 1 saturated heterocycles. The lowest BCUT2D eigenvalue weighted by Crippen LogP contribution is -2.44. The van der Waals surface area contributed by atoms with E-state index in [1.165, 1.54) is 17.5 Å². The Morgan fingerprint density at radius 1 is 1.40 bits per heavy atom. The highest BCUT2D eigenvalue weighted by molar-refractivity contribution is 7.89. The van der Waals surface area contributed by atoms with E-state index in [-0.39, 0.29) is 28.5 Å². The van der Waals surface area contributed by atoms with Crippen LogP contribution in [0.3, 0.4) is 0 Å². The van der Waals surface area contributed by atoms with E-state index in [0.29, 0.717) is 31.0 Å². The summed E-state index contributed by atoms with van der Waals surface area (Å²) in [6, 6.07) is 4.66. The molecule has 1 aromatic carbocycles. The minimum atomic E-state index is -3.71. The van der Waals surface area contributed by atoms with Crippen molar-refractivity contribution in [3.63, 3.8) is 0 Å². The van der Waals surface area contributed by atoms with Crippen molar-refractivity contribution in [3.8, 4) is 5.75 Å². The van der Waals surface area contributed by atoms with Gasteiger partial charge in [0, 0.05) is 30.1 Å². The summed E-state index contributed by atoms with van der Waals surface area (Å²) in [7, 11) is -2.29. The number of nitrogens with zero attached hydrogens (tertiary/aromatic N) is 1. The van der Waals surface area contributed by atoms with Gasteiger partial charge in [-0.25, -0.2) is 8.42 Å². The number of halogens is 1. The van der Waals surface area contributed by atoms with E-state index in [4.69, 9.17) is 16.3 Å². The summed E-state index contributed by atoms with van der Waals surface area (Å²) in [4.78, 5) is 12.3. The molecule has 0 bridgehead atoms. The average molecular weight is 389 g/mol. The largest absolute Gasteiger partial charge is 0.495 e. The molecule has 1 N–H and O–H groups in total. The third-order valence-corrected chi connectivity index (χ3v) is 6.72. The standard InChI is InChI=1S/C17H25ClN2O4S/c1-4-12(2)19-17(21)13-7-9-20(10-8-13)25(22,23)16-11-14(18)5-6-15(16)24-3/h5-6,11-13H,4,7-10H2,1-3H3,(H,19,21)/t12-/m1/s1. The Morgan fingerprint density at radius 2 is 2.04 bits per heavy atom. The van der Waals surface area contributed by atoms with Gasteiger partial charge in [-0.3, -0.25) is 4.79 Å². The van der Waals surface area contributed by atoms with E-state index < -0.39 is 10.0 Å². The molecular weight excluding hydrogens is 364 g/mol. The predicted molar refractivity (Wildman–Crippen MR) is 97.4 cm³/mol. The number of methoxy groups -OCH3 is 1. The number of carbonyl (C=O) groups is 1. The van der Waals surface area contributed by atoms with E-state index >= 15 is 0 Å². The number of rotatable bonds is 6. The van der Waals surface area contributed by atoms with Crippen LogP contribution in [0.4, 0.5) is 0 Å². The molecule has 1 atom stereocenters. The van der Waals surface area contributed by atoms with Gasteiger partial charge in [-0.05, 0) is 44.4 Å². The van der Waals surface area contributed by atoms with E-state index in [1.807, 2.05) is 13.8 Å². The maximum atomic E-state index is 12.9. The Hall–Kier alpha value is -1.31. The van der Waals surface area contributed by atoms with Crippen LogP contribution in [0, 0.1) is 5.92 Å². The third-order valence-electron chi connectivity index (χ3n) is 4.57. The number of hydrogen-bond donors (Lipinski definition) is 1. The van der Waals surface area contributed by atoms with Gasteiger partial charge >= 0.3 is 0 Å². The molecule has 1 aliphatic heterocycles. The minimum absolute atomic E-state index is 0.00624. The minimum Gasteiger partial charge on any atom is -0.495 e. The summed E-state index contributed by atoms with van der Waals surface area (Å²) in [6.07, 6.45) is 1.88. The summed E-state index contributed by atoms with van der Waals surface area (Å²) in [6.45, 7) is 4.58. The maximum absolute atomic E-state index is 12.9. The second-order valence-corrected chi connectivity index (χ2v) is 8.63. The Bertz CT molecular complexity index is 715. The Morgan fingerprint density at radius 3 is 2.60 bits per heavy atom. The number of carbonyl (C=O) groups excluding carboxylic acids is 1. The Kier molecular flexibility index (Phi) is 6.71. The fraction of sp³-hybridized carbons (Fsp3) is 0.588. The SMILES string of the molecule is CC[C@@H](C)NC(=O)C1CCN(S(=O)(=O)c2cc(Cl)ccc2OC)CC1. The molecule has 140 valence electrons. The van der Waals surface area contributed by atoms with Gasteiger partial charge in [0.15, 0.2) is 0 Å². The quantitative estimate of drug-likeness (QED) is 0.812. The zero-order valence-corrected chi connectivity index (χ0v) is 16.4. The summed E-state index contributed by atoms with van der Waals surface area (Å²) >= 11 is 5.95. The number of amides is 1. The maximum Gasteiger partial charge on any atom is 0.246 e. The van der Waals surface area contributed by atoms with Crippen molar-refractivity contribution in [2.75, 3.05) is 20.2 Å². The van der Waals surface area contributed by atoms with Gasteiger partial charge in [0.05, 0.1) is 7.11 Å². The number of ether oxygens (including phenoxy) is 1. The fourth-order valence-corrected chi connectivity index (χ4v) is 4.70. The number of hydrogen-bond acceptors (Lipinski definition) is 4. The topological polar surface area (TPSA) is 75.7 Å². The summed E-state index contributed by atoms with van der Waals surface area (Å²) in [5, 5.41) is 3.30. The van der Waals surface area contributed by atoms with Crippen LogP contribution in [0.25, 0.3) is 0 Å². The van der Waals surface area contributed by atoms with Crippen molar-refractivity contribution in [1.29, 1.82) is 0 Å². The molecule has 8 heteroatoms. The molecule has 0 saturated carbocycles. The molecule has 1 amide bonds. The van der Waals surface area contributed by atoms with Gasteiger partial charge in [-0.2, -0.15) is 4.31 Å². The summed E-state index contributed by atoms with van der Waals surface area (Å²) in [5.74, 6) is 0.120. The first-order valence-electron chi connectivity index (χ1n) is 8.43. The smallest absolute Gasteiger partial charge is 0.246 e. The number of nitrogens with one attached hydrogen (secondary N) is 1. The molecule has 1 aromatic rings. The molecular formula is C17H25ClN2O4S. The molecule has 1 fully saturated rings. The predicted octanol–water partition coefficient (Wildman–Crippen LogP) is 2.66. The first kappa shape index (κ1) is 20.0. The highest BCUT2D eigenvalue weighted by Crippen LogP contribution is 2.31. The number of benzene rings is 1. The molecule has 2 rings (SSSR count). The van der Waals surface area contributed by atoms with Gasteiger partial charge in [-0.15, -0.1) is 0 Å². The van der Waals surface area contributed by atoms with Crippen molar-refractivity contribution < 1.29 is 17.9 Å². The van der Waals surface area contributed by atoms with Crippen LogP contribution in [-0.4, -0.2) is 44.9 Å². The Labute approximate surface area is 154 Å². The number of piperidine rings is 1. The average Bonchev–Trinajstić information content (AvgIpc) is 2.61. The zero-order chi connectivity index (χ0) is 18.6. The van der Waals surface area contributed by atoms with Gasteiger partial charge in [0.1, 0.15) is 10.6 Å². The zero-order valence-electron chi connectivity index (χ0n) is 14.8. The summed E-state index contributed by atoms with van der Waals surface area (Å²) < 4.78 is 32.4. The second kappa shape index (κ2) is 8.38. The molecule has 0 aromatic heterocycles. The van der Waals surface area contributed by atoms with Crippen LogP contribution in [0.15, 0.2) is 23.1 Å². The van der Waals surface area contributed by atoms with Crippen molar-refractivity contribution in [2.45, 2.75) is 44.0 Å². The first-order chi connectivity index (χ1) is 11.8. The van der Waals surface area contributed by atoms with E-state index in [2.05, 4.69) is 5.32 Å². The van der Waals surface area contributed by atoms with Gasteiger partial charge in [0.2, 0.25) is 15.9 Å². The monoisotopic (exact) mass is 388 g/mol. The molecule has 0 radical (unpaired) electrons. The molecule has 1 heterocycles. The van der Waals surface area contributed by atoms with Crippen LogP contribution < -0.4 is 10.1 Å². The fourth-order valence-electron chi connectivity index (χ4n) is 2.81. The van der Waals surface area contributed by atoms with Crippen molar-refractivity contribution in [2.24, 2.45) is 5.92 Å². The lowest BCUT2D eigenvalue weighted by Gasteiger charge is -2.31. The molecule has 0 spiro atoms. The molecule has 1 aliphatic rings. The van der Waals surface area contributed by atoms with Crippen molar-refractivity contribution in [1.82, 2.24) is 9.62 Å². The van der Waals surface area contributed by atoms with Gasteiger partial charge < -0.3 is 10.1 Å². The number of sulfonamides is 1. The van der Waals surface area contributed by atoms with Crippen LogP contribution >= 0.6 is 11.6 Å². The van der Waals surface area contributed by atoms with Crippen molar-refractivity contribution in [3.05, 3.63) is 23.2 Å². The van der Waals surface area contributed by atoms with Gasteiger partial charge in [0.25, 0.3) is 0 Å². The Balaban J connectivity index is 2.09. The van der Waals surface area contributed by atoms with Gasteiger partial charge in [-0.1, -0.05) is 18.5 Å². The first-order valence-corrected chi connectivity index (χ1v) is 10.3. The van der Waals surface area contributed by atoms with Crippen LogP contribution in [0.5, 0.6) is 5.75 Å². The van der Waals surface area contributed by atoms with Crippen LogP contribution in [0.2, 0.25) is 5.02 Å². The molecule has 0 unspecified atom stereocenters. The molecule has 6 nitrogen and oxygen atoms in total. The van der Waals surface area contributed by atoms with E-state index in [9.17, 15) is 13.2 Å². The third kappa shape index (κ3) is 4.65. The lowest BCUT2D eigenvalue weighted by atomic mass is 9.97. The van der Waals surface area contributed by atoms with Crippen LogP contribution in [0.1, 0.15) is 33.1 Å². The normalized spacial score (nSPS) is 17.9. The lowest BCUT2D eigenvalue weighted by molar-refractivity contribution is -0.126.